The molecule has 0 spiro atoms. The van der Waals surface area contributed by atoms with E-state index in [1.165, 1.54) is 0 Å². The van der Waals surface area contributed by atoms with Crippen molar-refractivity contribution in [2.45, 2.75) is 0 Å². The molecule has 0 fully saturated rings. The summed E-state index contributed by atoms with van der Waals surface area (Å²) in [7, 11) is 0. The van der Waals surface area contributed by atoms with E-state index in [-0.39, 0.29) is 0 Å². The van der Waals surface area contributed by atoms with Crippen molar-refractivity contribution in [3.63, 3.8) is 0 Å². The minimum Gasteiger partial charge on any atom is -0.397 e. The number of allylic oxidation sites excluding steroid dienone is 4. The lowest BCUT2D eigenvalue weighted by atomic mass is 10.2. The summed E-state index contributed by atoms with van der Waals surface area (Å²) in [6, 6.07) is 1.71. The summed E-state index contributed by atoms with van der Waals surface area (Å²) in [6.07, 6.45) is 10.1. The highest BCUT2D eigenvalue weighted by Gasteiger charge is 1.93. The summed E-state index contributed by atoms with van der Waals surface area (Å²) in [5.74, 6) is 0. The van der Waals surface area contributed by atoms with E-state index in [1.807, 2.05) is 6.08 Å². The fourth-order valence-electron chi connectivity index (χ4n) is 0.949. The van der Waals surface area contributed by atoms with Crippen LogP contribution < -0.4 is 5.73 Å². The maximum absolute atomic E-state index is 5.70. The van der Waals surface area contributed by atoms with Crippen LogP contribution >= 0.6 is 0 Å². The Morgan fingerprint density at radius 2 is 2.27 bits per heavy atom. The third-order valence-electron chi connectivity index (χ3n) is 1.73. The second-order valence-corrected chi connectivity index (χ2v) is 2.80. The van der Waals surface area contributed by atoms with Crippen LogP contribution in [0.15, 0.2) is 60.4 Å². The molecule has 1 rings (SSSR count). The second kappa shape index (κ2) is 5.54. The van der Waals surface area contributed by atoms with Gasteiger partial charge in [0.2, 0.25) is 0 Å². The van der Waals surface area contributed by atoms with Gasteiger partial charge in [-0.05, 0) is 11.6 Å². The van der Waals surface area contributed by atoms with Crippen LogP contribution in [0.25, 0.3) is 0 Å². The van der Waals surface area contributed by atoms with Crippen molar-refractivity contribution in [2.75, 3.05) is 5.73 Å². The fourth-order valence-corrected chi connectivity index (χ4v) is 0.949. The van der Waals surface area contributed by atoms with E-state index in [9.17, 15) is 0 Å². The van der Waals surface area contributed by atoms with Gasteiger partial charge in [-0.2, -0.15) is 0 Å². The molecule has 1 heterocycles. The molecule has 15 heavy (non-hydrogen) atoms. The first kappa shape index (κ1) is 10.9. The van der Waals surface area contributed by atoms with Crippen molar-refractivity contribution < 1.29 is 0 Å². The van der Waals surface area contributed by atoms with Crippen molar-refractivity contribution in [3.05, 3.63) is 55.4 Å². The van der Waals surface area contributed by atoms with E-state index in [4.69, 9.17) is 5.73 Å². The predicted molar refractivity (Wildman–Crippen MR) is 65.3 cm³/mol. The van der Waals surface area contributed by atoms with Crippen molar-refractivity contribution in [1.29, 1.82) is 0 Å². The summed E-state index contributed by atoms with van der Waals surface area (Å²) in [5.41, 5.74) is 7.82. The van der Waals surface area contributed by atoms with Crippen molar-refractivity contribution in [3.8, 4) is 0 Å². The predicted octanol–water partition coefficient (Wildman–Crippen LogP) is 2.66. The van der Waals surface area contributed by atoms with Gasteiger partial charge in [0.25, 0.3) is 0 Å². The highest BCUT2D eigenvalue weighted by molar-refractivity contribution is 5.85. The molecule has 2 N–H and O–H groups in total. The van der Waals surface area contributed by atoms with Crippen LogP contribution in [0.1, 0.15) is 0 Å². The second-order valence-electron chi connectivity index (χ2n) is 2.80. The number of pyridine rings is 1. The molecule has 1 aromatic heterocycles. The monoisotopic (exact) mass is 199 g/mol. The molecule has 0 amide bonds. The average molecular weight is 199 g/mol. The summed E-state index contributed by atoms with van der Waals surface area (Å²) in [5, 5.41) is 0. The number of rotatable bonds is 4. The Hall–Kier alpha value is -2.16. The van der Waals surface area contributed by atoms with Crippen LogP contribution in [-0.4, -0.2) is 11.2 Å². The molecule has 0 aliphatic carbocycles. The zero-order valence-electron chi connectivity index (χ0n) is 8.43. The number of anilines is 1. The number of aliphatic imine (C=N–C) groups is 1. The quantitative estimate of drug-likeness (QED) is 0.598. The topological polar surface area (TPSA) is 51.3 Å². The molecule has 3 heteroatoms. The number of nitrogens with zero attached hydrogens (tertiary/aromatic N) is 2. The minimum atomic E-state index is 0.600. The minimum absolute atomic E-state index is 0.600. The van der Waals surface area contributed by atoms with Gasteiger partial charge in [-0.15, -0.1) is 0 Å². The van der Waals surface area contributed by atoms with Crippen LogP contribution in [0.2, 0.25) is 0 Å². The maximum atomic E-state index is 5.70. The first-order valence-corrected chi connectivity index (χ1v) is 4.46. The Morgan fingerprint density at radius 1 is 1.47 bits per heavy atom. The molecule has 1 aromatic rings. The van der Waals surface area contributed by atoms with Crippen LogP contribution in [0.3, 0.4) is 0 Å². The molecule has 0 saturated heterocycles. The average Bonchev–Trinajstić information content (AvgIpc) is 2.26. The van der Waals surface area contributed by atoms with E-state index in [2.05, 4.69) is 23.1 Å². The van der Waals surface area contributed by atoms with Gasteiger partial charge in [-0.3, -0.25) is 9.98 Å². The lowest BCUT2D eigenvalue weighted by molar-refractivity contribution is 1.31. The van der Waals surface area contributed by atoms with Gasteiger partial charge in [0.05, 0.1) is 11.9 Å². The van der Waals surface area contributed by atoms with E-state index in [0.29, 0.717) is 11.4 Å². The molecule has 0 aliphatic rings. The summed E-state index contributed by atoms with van der Waals surface area (Å²) >= 11 is 0. The Kier molecular flexibility index (Phi) is 4.04. The van der Waals surface area contributed by atoms with E-state index in [1.54, 1.807) is 36.8 Å². The van der Waals surface area contributed by atoms with Crippen molar-refractivity contribution >= 4 is 17.6 Å². The number of nitrogens with two attached hydrogens (primary N) is 1. The summed E-state index contributed by atoms with van der Waals surface area (Å²) in [4.78, 5) is 8.13. The molecule has 0 bridgehead atoms. The maximum Gasteiger partial charge on any atom is 0.104 e. The molecule has 3 nitrogen and oxygen atoms in total. The molecule has 76 valence electrons. The van der Waals surface area contributed by atoms with E-state index >= 15 is 0 Å². The number of hydrogen-bond acceptors (Lipinski definition) is 3. The first-order valence-electron chi connectivity index (χ1n) is 4.46. The van der Waals surface area contributed by atoms with Crippen molar-refractivity contribution in [1.82, 2.24) is 4.98 Å². The molecule has 0 saturated carbocycles. The highest BCUT2D eigenvalue weighted by Crippen LogP contribution is 2.18. The van der Waals surface area contributed by atoms with Gasteiger partial charge in [0, 0.05) is 12.4 Å². The highest BCUT2D eigenvalue weighted by atomic mass is 14.8. The molecule has 0 atom stereocenters. The third kappa shape index (κ3) is 3.23. The zero-order valence-corrected chi connectivity index (χ0v) is 8.43. The van der Waals surface area contributed by atoms with Crippen molar-refractivity contribution in [2.24, 2.45) is 4.99 Å². The fraction of sp³-hybridized carbons (Fsp3) is 0. The molecular weight excluding hydrogens is 186 g/mol. The van der Waals surface area contributed by atoms with E-state index < -0.39 is 0 Å². The van der Waals surface area contributed by atoms with Gasteiger partial charge in [0.15, 0.2) is 0 Å². The molecular formula is C12H13N3. The van der Waals surface area contributed by atoms with Crippen LogP contribution in [0.5, 0.6) is 0 Å². The number of hydrogen-bond donors (Lipinski definition) is 1. The Balaban J connectivity index is 2.90. The lowest BCUT2D eigenvalue weighted by Crippen LogP contribution is -1.86. The molecule has 0 radical (unpaired) electrons. The molecule has 0 unspecified atom stereocenters. The van der Waals surface area contributed by atoms with Crippen LogP contribution in [0, 0.1) is 0 Å². The number of aromatic nitrogens is 1. The lowest BCUT2D eigenvalue weighted by Gasteiger charge is -1.97. The molecule has 0 aromatic carbocycles. The van der Waals surface area contributed by atoms with E-state index in [0.717, 1.165) is 5.57 Å². The van der Waals surface area contributed by atoms with Gasteiger partial charge in [-0.1, -0.05) is 31.4 Å². The van der Waals surface area contributed by atoms with Gasteiger partial charge >= 0.3 is 0 Å². The Labute approximate surface area is 89.4 Å². The first-order chi connectivity index (χ1) is 7.27. The van der Waals surface area contributed by atoms with Gasteiger partial charge < -0.3 is 5.73 Å². The molecule has 0 aliphatic heterocycles. The third-order valence-corrected chi connectivity index (χ3v) is 1.73. The zero-order chi connectivity index (χ0) is 11.1. The largest absolute Gasteiger partial charge is 0.397 e. The standard InChI is InChI=1S/C12H13N3/c1-3-5-10(4-2)8-15-12-9-14-7-6-11(12)13/h3-9H,1-2H2,(H2,13,14)/b10-5+,15-8?. The van der Waals surface area contributed by atoms with Gasteiger partial charge in [0.1, 0.15) is 5.69 Å². The number of nitrogen functional groups attached to an aromatic ring is 1. The van der Waals surface area contributed by atoms with Crippen LogP contribution in [0.4, 0.5) is 11.4 Å². The Morgan fingerprint density at radius 3 is 2.87 bits per heavy atom. The smallest absolute Gasteiger partial charge is 0.104 e. The Bertz CT molecular complexity index is 417. The van der Waals surface area contributed by atoms with Crippen LogP contribution in [-0.2, 0) is 0 Å². The summed E-state index contributed by atoms with van der Waals surface area (Å²) < 4.78 is 0. The normalized spacial score (nSPS) is 11.6. The SMILES string of the molecule is C=C/C=C(\C=C)C=Nc1cnccc1N. The summed E-state index contributed by atoms with van der Waals surface area (Å²) in [6.45, 7) is 7.26. The van der Waals surface area contributed by atoms with Gasteiger partial charge in [-0.25, -0.2) is 0 Å².